The lowest BCUT2D eigenvalue weighted by Gasteiger charge is -2.27. The molecule has 0 saturated carbocycles. The molecule has 0 radical (unpaired) electrons. The van der Waals surface area contributed by atoms with Gasteiger partial charge in [-0.15, -0.1) is 0 Å². The fourth-order valence-electron chi connectivity index (χ4n) is 1.25. The summed E-state index contributed by atoms with van der Waals surface area (Å²) in [5.74, 6) is 0. The fourth-order valence-corrected chi connectivity index (χ4v) is 3.96. The molecule has 0 bridgehead atoms. The molecule has 4 N–H and O–H groups in total. The zero-order valence-corrected chi connectivity index (χ0v) is 10.8. The van der Waals surface area contributed by atoms with Crippen LogP contribution >= 0.6 is 15.0 Å². The fraction of sp³-hybridized carbons (Fsp3) is 0.375. The van der Waals surface area contributed by atoms with Crippen LogP contribution in [0.1, 0.15) is 0 Å². The zero-order chi connectivity index (χ0) is 13.3. The quantitative estimate of drug-likeness (QED) is 0.444. The van der Waals surface area contributed by atoms with Crippen molar-refractivity contribution in [3.8, 4) is 0 Å². The third-order valence-electron chi connectivity index (χ3n) is 2.30. The van der Waals surface area contributed by atoms with Crippen LogP contribution in [0.3, 0.4) is 0 Å². The molecule has 0 aliphatic heterocycles. The first-order valence-electron chi connectivity index (χ1n) is 4.60. The van der Waals surface area contributed by atoms with Crippen molar-refractivity contribution in [3.63, 3.8) is 0 Å². The van der Waals surface area contributed by atoms with Gasteiger partial charge in [0.15, 0.2) is 18.9 Å². The number of aliphatic hydroxyl groups is 1. The molecule has 0 amide bonds. The Balaban J connectivity index is 3.20. The lowest BCUT2D eigenvalue weighted by atomic mass is 10.5. The average molecular weight is 282 g/mol. The summed E-state index contributed by atoms with van der Waals surface area (Å²) in [5.41, 5.74) is 0. The smallest absolute Gasteiger partial charge is 0.365 e. The Kier molecular flexibility index (Phi) is 3.94. The maximum atomic E-state index is 11.5. The highest BCUT2D eigenvalue weighted by Gasteiger charge is 2.60. The van der Waals surface area contributed by atoms with Crippen LogP contribution in [0.2, 0.25) is 0 Å². The van der Waals surface area contributed by atoms with Crippen molar-refractivity contribution in [1.29, 1.82) is 0 Å². The third kappa shape index (κ3) is 3.01. The van der Waals surface area contributed by atoms with Crippen molar-refractivity contribution >= 4 is 15.0 Å². The van der Waals surface area contributed by atoms with E-state index in [0.29, 0.717) is 0 Å². The Morgan fingerprint density at radius 1 is 1.12 bits per heavy atom. The molecule has 1 rings (SSSR count). The summed E-state index contributed by atoms with van der Waals surface area (Å²) >= 11 is 0. The molecule has 0 aromatic carbocycles. The number of nitrogens with zero attached hydrogens (tertiary/aromatic N) is 1. The molecule has 0 saturated heterocycles. The first-order valence-corrected chi connectivity index (χ1v) is 8.32. The Bertz CT molecular complexity index is 456. The van der Waals surface area contributed by atoms with E-state index in [-0.39, 0.29) is 0 Å². The van der Waals surface area contributed by atoms with Gasteiger partial charge in [0.2, 0.25) is 7.37 Å². The highest BCUT2D eigenvalue weighted by Crippen LogP contribution is 2.67. The monoisotopic (exact) mass is 282 g/mol. The predicted molar refractivity (Wildman–Crippen MR) is 59.4 cm³/mol. The number of rotatable bonds is 4. The van der Waals surface area contributed by atoms with Gasteiger partial charge in [0.05, 0.1) is 0 Å². The van der Waals surface area contributed by atoms with Gasteiger partial charge < -0.3 is 19.8 Å². The summed E-state index contributed by atoms with van der Waals surface area (Å²) in [6.45, 7) is 0.0536. The summed E-state index contributed by atoms with van der Waals surface area (Å²) in [6, 6.07) is 4.80. The molecule has 9 heteroatoms. The van der Waals surface area contributed by atoms with Crippen LogP contribution in [-0.4, -0.2) is 31.5 Å². The molecule has 2 unspecified atom stereocenters. The Labute approximate surface area is 98.0 Å². The minimum atomic E-state index is -5.15. The largest absolute Gasteiger partial charge is 0.373 e. The van der Waals surface area contributed by atoms with Crippen molar-refractivity contribution in [2.45, 2.75) is 11.6 Å². The van der Waals surface area contributed by atoms with Gasteiger partial charge in [0, 0.05) is 18.8 Å². The van der Waals surface area contributed by atoms with Crippen molar-refractivity contribution in [2.75, 3.05) is 6.66 Å². The molecule has 0 aliphatic rings. The van der Waals surface area contributed by atoms with E-state index in [1.807, 2.05) is 0 Å². The minimum absolute atomic E-state index is 0.664. The van der Waals surface area contributed by atoms with E-state index in [4.69, 9.17) is 9.79 Å². The number of aromatic nitrogens is 1. The molecule has 96 valence electrons. The zero-order valence-electron chi connectivity index (χ0n) is 9.04. The van der Waals surface area contributed by atoms with Crippen molar-refractivity contribution in [2.24, 2.45) is 0 Å². The highest BCUT2D eigenvalue weighted by molar-refractivity contribution is 7.74. The molecule has 1 aromatic heterocycles. The molecule has 7 nitrogen and oxygen atoms in total. The van der Waals surface area contributed by atoms with Gasteiger partial charge >= 0.3 is 12.7 Å². The van der Waals surface area contributed by atoms with Crippen LogP contribution in [0.15, 0.2) is 30.6 Å². The van der Waals surface area contributed by atoms with Crippen LogP contribution in [0.4, 0.5) is 0 Å². The second-order valence-electron chi connectivity index (χ2n) is 3.75. The molecule has 0 fully saturated rings. The normalized spacial score (nSPS) is 19.4. The molecule has 0 aliphatic carbocycles. The van der Waals surface area contributed by atoms with Crippen LogP contribution in [0, 0.1) is 0 Å². The summed E-state index contributed by atoms with van der Waals surface area (Å²) in [5, 5.41) is 6.86. The van der Waals surface area contributed by atoms with Crippen molar-refractivity contribution in [1.82, 2.24) is 0 Å². The Morgan fingerprint density at radius 2 is 1.59 bits per heavy atom. The van der Waals surface area contributed by atoms with Gasteiger partial charge in [0.25, 0.3) is 0 Å². The van der Waals surface area contributed by atoms with Gasteiger partial charge in [-0.3, -0.25) is 9.13 Å². The molecule has 1 heterocycles. The lowest BCUT2D eigenvalue weighted by Crippen LogP contribution is -2.47. The Morgan fingerprint density at radius 3 is 1.94 bits per heavy atom. The number of hydrogen-bond donors (Lipinski definition) is 4. The van der Waals surface area contributed by atoms with Gasteiger partial charge in [-0.25, -0.2) is 4.57 Å². The summed E-state index contributed by atoms with van der Waals surface area (Å²) in [6.07, 6.45) is 2.85. The average Bonchev–Trinajstić information content (AvgIpc) is 2.15. The van der Waals surface area contributed by atoms with E-state index in [1.165, 1.54) is 17.0 Å². The van der Waals surface area contributed by atoms with Crippen molar-refractivity contribution in [3.05, 3.63) is 30.6 Å². The van der Waals surface area contributed by atoms with E-state index < -0.39 is 26.6 Å². The molecule has 2 atom stereocenters. The van der Waals surface area contributed by atoms with Gasteiger partial charge in [-0.05, 0) is 0 Å². The second-order valence-corrected chi connectivity index (χ2v) is 8.42. The molecular weight excluding hydrogens is 268 g/mol. The van der Waals surface area contributed by atoms with Gasteiger partial charge in [0.1, 0.15) is 0 Å². The SMILES string of the molecule is CP(=O)(O)C(O)(C[n+]1ccccc1)P(=O)(O)O. The van der Waals surface area contributed by atoms with Crippen molar-refractivity contribution < 1.29 is 33.5 Å². The molecular formula is C8H14NO6P2+. The van der Waals surface area contributed by atoms with E-state index in [2.05, 4.69) is 0 Å². The summed E-state index contributed by atoms with van der Waals surface area (Å²) in [7, 11) is -9.56. The first-order chi connectivity index (χ1) is 7.58. The minimum Gasteiger partial charge on any atom is -0.365 e. The van der Waals surface area contributed by atoms with E-state index >= 15 is 0 Å². The third-order valence-corrected chi connectivity index (χ3v) is 6.74. The predicted octanol–water partition coefficient (Wildman–Crippen LogP) is -0.302. The summed E-state index contributed by atoms with van der Waals surface area (Å²) < 4.78 is 23.9. The molecule has 0 spiro atoms. The van der Waals surface area contributed by atoms with Crippen LogP contribution in [0.5, 0.6) is 0 Å². The topological polar surface area (TPSA) is 119 Å². The van der Waals surface area contributed by atoms with Gasteiger partial charge in [-0.1, -0.05) is 6.07 Å². The molecule has 17 heavy (non-hydrogen) atoms. The van der Waals surface area contributed by atoms with E-state index in [1.54, 1.807) is 18.2 Å². The van der Waals surface area contributed by atoms with E-state index in [9.17, 15) is 19.1 Å². The highest BCUT2D eigenvalue weighted by atomic mass is 31.2. The van der Waals surface area contributed by atoms with Crippen LogP contribution < -0.4 is 4.57 Å². The first kappa shape index (κ1) is 14.5. The Hall–Kier alpha value is -0.550. The standard InChI is InChI=1S/C8H13NO6P2/c1-16(11,12)8(10,17(13,14)15)7-9-5-3-2-4-6-9/h2-6,10H,7H2,1H3,(H2-,11,12,13,14,15)/p+1. The van der Waals surface area contributed by atoms with Gasteiger partial charge in [-0.2, -0.15) is 0 Å². The second kappa shape index (κ2) is 4.61. The van der Waals surface area contributed by atoms with Crippen LogP contribution in [-0.2, 0) is 15.7 Å². The molecule has 1 aromatic rings. The number of pyridine rings is 1. The summed E-state index contributed by atoms with van der Waals surface area (Å²) in [4.78, 5) is 27.4. The number of hydrogen-bond acceptors (Lipinski definition) is 3. The maximum Gasteiger partial charge on any atom is 0.373 e. The lowest BCUT2D eigenvalue weighted by molar-refractivity contribution is -0.703. The van der Waals surface area contributed by atoms with Crippen LogP contribution in [0.25, 0.3) is 0 Å². The van der Waals surface area contributed by atoms with E-state index in [0.717, 1.165) is 6.66 Å². The maximum absolute atomic E-state index is 11.5.